The van der Waals surface area contributed by atoms with Crippen molar-refractivity contribution < 1.29 is 24.1 Å². The van der Waals surface area contributed by atoms with E-state index in [9.17, 15) is 9.90 Å². The molecule has 1 spiro atoms. The van der Waals surface area contributed by atoms with E-state index < -0.39 is 0 Å². The summed E-state index contributed by atoms with van der Waals surface area (Å²) in [6, 6.07) is 5.69. The first-order valence-electron chi connectivity index (χ1n) is 11.3. The number of likely N-dealkylation sites (tertiary alicyclic amines) is 1. The van der Waals surface area contributed by atoms with Gasteiger partial charge in [0, 0.05) is 38.3 Å². The minimum Gasteiger partial charge on any atom is -0.504 e. The first-order chi connectivity index (χ1) is 14.6. The van der Waals surface area contributed by atoms with E-state index in [1.165, 1.54) is 0 Å². The molecule has 0 bridgehead atoms. The Hall–Kier alpha value is -1.83. The zero-order chi connectivity index (χ0) is 21.0. The maximum absolute atomic E-state index is 12.2. The fourth-order valence-electron chi connectivity index (χ4n) is 4.85. The van der Waals surface area contributed by atoms with Crippen molar-refractivity contribution in [1.29, 1.82) is 0 Å². The molecule has 3 saturated heterocycles. The Bertz CT molecular complexity index is 726. The summed E-state index contributed by atoms with van der Waals surface area (Å²) in [4.78, 5) is 14.5. The molecule has 3 aliphatic heterocycles. The van der Waals surface area contributed by atoms with Crippen molar-refractivity contribution in [1.82, 2.24) is 10.2 Å². The Morgan fingerprint density at radius 2 is 2.13 bits per heavy atom. The van der Waals surface area contributed by atoms with Crippen LogP contribution in [0.2, 0.25) is 0 Å². The Balaban J connectivity index is 1.23. The van der Waals surface area contributed by atoms with Crippen molar-refractivity contribution in [3.63, 3.8) is 0 Å². The van der Waals surface area contributed by atoms with Gasteiger partial charge in [0.1, 0.15) is 6.10 Å². The van der Waals surface area contributed by atoms with E-state index in [2.05, 4.69) is 10.2 Å². The first kappa shape index (κ1) is 21.4. The molecule has 1 aromatic rings. The highest BCUT2D eigenvalue weighted by Crippen LogP contribution is 2.39. The van der Waals surface area contributed by atoms with Gasteiger partial charge in [0.25, 0.3) is 0 Å². The molecule has 0 radical (unpaired) electrons. The van der Waals surface area contributed by atoms with Crippen LogP contribution in [-0.2, 0) is 20.8 Å². The topological polar surface area (TPSA) is 80.3 Å². The molecule has 1 aromatic carbocycles. The summed E-state index contributed by atoms with van der Waals surface area (Å²) in [6.07, 6.45) is 5.60. The number of carbonyl (C=O) groups excluding carboxylic acids is 1. The van der Waals surface area contributed by atoms with Crippen LogP contribution in [0.4, 0.5) is 0 Å². The number of nitrogens with one attached hydrogen (secondary N) is 1. The van der Waals surface area contributed by atoms with Crippen LogP contribution in [0.15, 0.2) is 18.2 Å². The monoisotopic (exact) mass is 418 g/mol. The summed E-state index contributed by atoms with van der Waals surface area (Å²) in [5.74, 6) is 0.801. The molecular formula is C23H34N2O5. The van der Waals surface area contributed by atoms with Crippen LogP contribution < -0.4 is 10.1 Å². The van der Waals surface area contributed by atoms with Crippen LogP contribution in [0.25, 0.3) is 0 Å². The van der Waals surface area contributed by atoms with Gasteiger partial charge in [0.05, 0.1) is 18.3 Å². The number of rotatable bonds is 7. The lowest BCUT2D eigenvalue weighted by atomic mass is 9.88. The fraction of sp³-hybridized carbons (Fsp3) is 0.696. The van der Waals surface area contributed by atoms with E-state index in [0.717, 1.165) is 57.2 Å². The number of piperidine rings is 1. The van der Waals surface area contributed by atoms with Crippen LogP contribution >= 0.6 is 0 Å². The summed E-state index contributed by atoms with van der Waals surface area (Å²) in [5.41, 5.74) is 0.837. The Morgan fingerprint density at radius 3 is 2.87 bits per heavy atom. The Labute approximate surface area is 178 Å². The van der Waals surface area contributed by atoms with E-state index in [4.69, 9.17) is 14.2 Å². The predicted molar refractivity (Wildman–Crippen MR) is 113 cm³/mol. The number of ether oxygens (including phenoxy) is 3. The van der Waals surface area contributed by atoms with Crippen molar-refractivity contribution >= 4 is 5.91 Å². The second kappa shape index (κ2) is 9.54. The maximum Gasteiger partial charge on any atom is 0.249 e. The number of amides is 1. The number of phenols is 1. The molecule has 3 heterocycles. The van der Waals surface area contributed by atoms with E-state index in [1.807, 2.05) is 19.1 Å². The van der Waals surface area contributed by atoms with Gasteiger partial charge >= 0.3 is 0 Å². The zero-order valence-corrected chi connectivity index (χ0v) is 17.9. The lowest BCUT2D eigenvalue weighted by Gasteiger charge is -2.39. The molecule has 2 atom stereocenters. The van der Waals surface area contributed by atoms with Crippen LogP contribution in [-0.4, -0.2) is 66.6 Å². The number of benzene rings is 1. The largest absolute Gasteiger partial charge is 0.504 e. The molecular weight excluding hydrogens is 384 g/mol. The van der Waals surface area contributed by atoms with Gasteiger partial charge in [-0.3, -0.25) is 9.69 Å². The van der Waals surface area contributed by atoms with E-state index in [0.29, 0.717) is 32.1 Å². The normalized spacial score (nSPS) is 26.2. The average Bonchev–Trinajstić information content (AvgIpc) is 3.42. The van der Waals surface area contributed by atoms with Gasteiger partial charge < -0.3 is 24.6 Å². The van der Waals surface area contributed by atoms with E-state index in [1.54, 1.807) is 6.07 Å². The summed E-state index contributed by atoms with van der Waals surface area (Å²) in [5, 5.41) is 13.5. The van der Waals surface area contributed by atoms with Gasteiger partial charge in [-0.25, -0.2) is 0 Å². The third kappa shape index (κ3) is 4.90. The van der Waals surface area contributed by atoms with Crippen molar-refractivity contribution in [3.05, 3.63) is 23.8 Å². The molecule has 0 unspecified atom stereocenters. The molecule has 0 saturated carbocycles. The summed E-state index contributed by atoms with van der Waals surface area (Å²) < 4.78 is 17.4. The van der Waals surface area contributed by atoms with E-state index in [-0.39, 0.29) is 29.5 Å². The van der Waals surface area contributed by atoms with Gasteiger partial charge in [-0.15, -0.1) is 0 Å². The SMILES string of the molecule is CCOc1cccc(CN2CCC3(CC[C@@H](CNC(=O)[C@H]4CCCO4)O3)CC2)c1O. The molecule has 3 aliphatic rings. The predicted octanol–water partition coefficient (Wildman–Crippen LogP) is 2.60. The van der Waals surface area contributed by atoms with Gasteiger partial charge in [-0.1, -0.05) is 12.1 Å². The van der Waals surface area contributed by atoms with Crippen molar-refractivity contribution in [2.75, 3.05) is 32.8 Å². The summed E-state index contributed by atoms with van der Waals surface area (Å²) in [7, 11) is 0. The molecule has 0 aliphatic carbocycles. The van der Waals surface area contributed by atoms with Gasteiger partial charge in [-0.2, -0.15) is 0 Å². The average molecular weight is 419 g/mol. The number of aromatic hydroxyl groups is 1. The van der Waals surface area contributed by atoms with Gasteiger partial charge in [0.15, 0.2) is 11.5 Å². The van der Waals surface area contributed by atoms with Gasteiger partial charge in [0.2, 0.25) is 5.91 Å². The van der Waals surface area contributed by atoms with Crippen LogP contribution in [0.5, 0.6) is 11.5 Å². The molecule has 166 valence electrons. The fourth-order valence-corrected chi connectivity index (χ4v) is 4.85. The molecule has 2 N–H and O–H groups in total. The minimum atomic E-state index is -0.277. The molecule has 7 heteroatoms. The zero-order valence-electron chi connectivity index (χ0n) is 17.9. The second-order valence-corrected chi connectivity index (χ2v) is 8.68. The molecule has 7 nitrogen and oxygen atoms in total. The molecule has 1 amide bonds. The quantitative estimate of drug-likeness (QED) is 0.709. The highest BCUT2D eigenvalue weighted by molar-refractivity contribution is 5.80. The number of phenolic OH excluding ortho intramolecular Hbond substituents is 1. The number of carbonyl (C=O) groups is 1. The Kier molecular flexibility index (Phi) is 6.80. The molecule has 0 aromatic heterocycles. The highest BCUT2D eigenvalue weighted by Gasteiger charge is 2.42. The van der Waals surface area contributed by atoms with Crippen LogP contribution in [0, 0.1) is 0 Å². The van der Waals surface area contributed by atoms with Gasteiger partial charge in [-0.05, 0) is 51.5 Å². The highest BCUT2D eigenvalue weighted by atomic mass is 16.5. The van der Waals surface area contributed by atoms with Crippen molar-refractivity contribution in [2.24, 2.45) is 0 Å². The lowest BCUT2D eigenvalue weighted by Crippen LogP contribution is -2.45. The Morgan fingerprint density at radius 1 is 1.30 bits per heavy atom. The number of hydrogen-bond acceptors (Lipinski definition) is 6. The van der Waals surface area contributed by atoms with Crippen LogP contribution in [0.1, 0.15) is 51.0 Å². The minimum absolute atomic E-state index is 0.000889. The van der Waals surface area contributed by atoms with Crippen molar-refractivity contribution in [2.45, 2.75) is 69.8 Å². The third-order valence-corrected chi connectivity index (χ3v) is 6.61. The second-order valence-electron chi connectivity index (χ2n) is 8.68. The van der Waals surface area contributed by atoms with E-state index >= 15 is 0 Å². The number of para-hydroxylation sites is 1. The maximum atomic E-state index is 12.2. The molecule has 30 heavy (non-hydrogen) atoms. The lowest BCUT2D eigenvalue weighted by molar-refractivity contribution is -0.131. The smallest absolute Gasteiger partial charge is 0.249 e. The standard InChI is InChI=1S/C23H34N2O5/c1-2-28-19-6-3-5-17(21(19)26)16-25-12-10-23(11-13-25)9-8-18(30-23)15-24-22(27)20-7-4-14-29-20/h3,5-6,18,20,26H,2,4,7-16H2,1H3,(H,24,27)/t18-,20+/m0/s1. The summed E-state index contributed by atoms with van der Waals surface area (Å²) >= 11 is 0. The van der Waals surface area contributed by atoms with Crippen LogP contribution in [0.3, 0.4) is 0 Å². The van der Waals surface area contributed by atoms with Crippen molar-refractivity contribution in [3.8, 4) is 11.5 Å². The summed E-state index contributed by atoms with van der Waals surface area (Å²) in [6.45, 7) is 6.30. The number of nitrogens with zero attached hydrogens (tertiary/aromatic N) is 1. The number of hydrogen-bond donors (Lipinski definition) is 2. The molecule has 3 fully saturated rings. The molecule has 4 rings (SSSR count). The third-order valence-electron chi connectivity index (χ3n) is 6.61. The first-order valence-corrected chi connectivity index (χ1v) is 11.3.